The Bertz CT molecular complexity index is 730. The molecule has 2 heterocycles. The summed E-state index contributed by atoms with van der Waals surface area (Å²) in [6.45, 7) is 2.30. The SMILES string of the molecule is COCCOC(=O)C1=C(C)N(C)C(=O)N[C@@H]1c1ccc2c(c1)OCO2. The molecule has 2 amide bonds. The van der Waals surface area contributed by atoms with Gasteiger partial charge in [-0.15, -0.1) is 0 Å². The summed E-state index contributed by atoms with van der Waals surface area (Å²) in [5, 5.41) is 2.83. The molecule has 2 aliphatic heterocycles. The maximum absolute atomic E-state index is 12.6. The van der Waals surface area contributed by atoms with Crippen LogP contribution in [-0.4, -0.2) is 51.1 Å². The summed E-state index contributed by atoms with van der Waals surface area (Å²) >= 11 is 0. The molecule has 1 N–H and O–H groups in total. The number of hydrogen-bond donors (Lipinski definition) is 1. The van der Waals surface area contributed by atoms with Crippen molar-refractivity contribution in [2.75, 3.05) is 34.2 Å². The molecule has 8 nitrogen and oxygen atoms in total. The highest BCUT2D eigenvalue weighted by atomic mass is 16.7. The number of nitrogens with one attached hydrogen (secondary N) is 1. The predicted octanol–water partition coefficient (Wildman–Crippen LogP) is 1.58. The minimum absolute atomic E-state index is 0.137. The summed E-state index contributed by atoms with van der Waals surface area (Å²) in [4.78, 5) is 26.2. The number of benzene rings is 1. The second kappa shape index (κ2) is 7.02. The van der Waals surface area contributed by atoms with Crippen LogP contribution in [0.4, 0.5) is 4.79 Å². The number of fused-ring (bicyclic) bond motifs is 1. The zero-order valence-corrected chi connectivity index (χ0v) is 14.3. The van der Waals surface area contributed by atoms with E-state index in [1.807, 2.05) is 0 Å². The van der Waals surface area contributed by atoms with E-state index in [0.717, 1.165) is 0 Å². The summed E-state index contributed by atoms with van der Waals surface area (Å²) < 4.78 is 20.9. The van der Waals surface area contributed by atoms with E-state index >= 15 is 0 Å². The highest BCUT2D eigenvalue weighted by Crippen LogP contribution is 2.37. The molecule has 0 unspecified atom stereocenters. The molecule has 0 aliphatic carbocycles. The van der Waals surface area contributed by atoms with E-state index in [4.69, 9.17) is 18.9 Å². The van der Waals surface area contributed by atoms with E-state index in [0.29, 0.717) is 34.9 Å². The van der Waals surface area contributed by atoms with Gasteiger partial charge in [-0.2, -0.15) is 0 Å². The second-order valence-corrected chi connectivity index (χ2v) is 5.68. The van der Waals surface area contributed by atoms with E-state index in [1.54, 1.807) is 32.2 Å². The van der Waals surface area contributed by atoms with Gasteiger partial charge in [0.25, 0.3) is 0 Å². The van der Waals surface area contributed by atoms with Crippen molar-refractivity contribution in [2.45, 2.75) is 13.0 Å². The third-order valence-electron chi connectivity index (χ3n) is 4.22. The van der Waals surface area contributed by atoms with Gasteiger partial charge in [0.1, 0.15) is 6.61 Å². The Hall–Kier alpha value is -2.74. The molecule has 0 saturated heterocycles. The number of urea groups is 1. The molecule has 0 aromatic heterocycles. The first kappa shape index (κ1) is 17.1. The number of amides is 2. The number of ether oxygens (including phenoxy) is 4. The summed E-state index contributed by atoms with van der Waals surface area (Å²) in [5.41, 5.74) is 1.62. The second-order valence-electron chi connectivity index (χ2n) is 5.68. The number of carbonyl (C=O) groups is 2. The minimum atomic E-state index is -0.631. The molecule has 0 radical (unpaired) electrons. The van der Waals surface area contributed by atoms with Crippen LogP contribution in [0.5, 0.6) is 11.5 Å². The lowest BCUT2D eigenvalue weighted by Gasteiger charge is -2.33. The Balaban J connectivity index is 1.94. The van der Waals surface area contributed by atoms with Gasteiger partial charge in [0.15, 0.2) is 11.5 Å². The van der Waals surface area contributed by atoms with Crippen molar-refractivity contribution in [3.8, 4) is 11.5 Å². The van der Waals surface area contributed by atoms with Gasteiger partial charge in [-0.05, 0) is 24.6 Å². The minimum Gasteiger partial charge on any atom is -0.460 e. The van der Waals surface area contributed by atoms with Crippen molar-refractivity contribution in [1.82, 2.24) is 10.2 Å². The molecular formula is C17H20N2O6. The maximum atomic E-state index is 12.6. The number of carbonyl (C=O) groups excluding carboxylic acids is 2. The van der Waals surface area contributed by atoms with Gasteiger partial charge in [-0.3, -0.25) is 0 Å². The van der Waals surface area contributed by atoms with Crippen molar-refractivity contribution < 1.29 is 28.5 Å². The van der Waals surface area contributed by atoms with Crippen LogP contribution in [0.25, 0.3) is 0 Å². The molecule has 25 heavy (non-hydrogen) atoms. The standard InChI is InChI=1S/C17H20N2O6/c1-10-14(16(20)23-7-6-22-3)15(18-17(21)19(10)2)11-4-5-12-13(8-11)25-9-24-12/h4-5,8,15H,6-7,9H2,1-3H3,(H,18,21)/t15-/m1/s1. The average Bonchev–Trinajstić information content (AvgIpc) is 3.07. The highest BCUT2D eigenvalue weighted by molar-refractivity contribution is 5.95. The number of hydrogen-bond acceptors (Lipinski definition) is 6. The third kappa shape index (κ3) is 3.25. The van der Waals surface area contributed by atoms with Crippen LogP contribution in [-0.2, 0) is 14.3 Å². The normalized spacial score (nSPS) is 19.1. The van der Waals surface area contributed by atoms with Crippen molar-refractivity contribution >= 4 is 12.0 Å². The van der Waals surface area contributed by atoms with Gasteiger partial charge in [-0.25, -0.2) is 9.59 Å². The van der Waals surface area contributed by atoms with Crippen molar-refractivity contribution in [3.63, 3.8) is 0 Å². The van der Waals surface area contributed by atoms with Gasteiger partial charge >= 0.3 is 12.0 Å². The number of nitrogens with zero attached hydrogens (tertiary/aromatic N) is 1. The fourth-order valence-corrected chi connectivity index (χ4v) is 2.74. The maximum Gasteiger partial charge on any atom is 0.338 e. The van der Waals surface area contributed by atoms with Crippen LogP contribution >= 0.6 is 0 Å². The molecule has 0 bridgehead atoms. The van der Waals surface area contributed by atoms with Crippen molar-refractivity contribution in [3.05, 3.63) is 35.0 Å². The largest absolute Gasteiger partial charge is 0.460 e. The van der Waals surface area contributed by atoms with Crippen LogP contribution in [0, 0.1) is 0 Å². The zero-order valence-electron chi connectivity index (χ0n) is 14.3. The summed E-state index contributed by atoms with van der Waals surface area (Å²) in [6.07, 6.45) is 0. The third-order valence-corrected chi connectivity index (χ3v) is 4.22. The lowest BCUT2D eigenvalue weighted by Crippen LogP contribution is -2.46. The Kier molecular flexibility index (Phi) is 4.80. The van der Waals surface area contributed by atoms with Gasteiger partial charge in [-0.1, -0.05) is 6.07 Å². The van der Waals surface area contributed by atoms with E-state index in [2.05, 4.69) is 5.32 Å². The Morgan fingerprint density at radius 1 is 1.32 bits per heavy atom. The zero-order chi connectivity index (χ0) is 18.0. The summed E-state index contributed by atoms with van der Waals surface area (Å²) in [7, 11) is 3.13. The summed E-state index contributed by atoms with van der Waals surface area (Å²) in [5.74, 6) is 0.715. The Morgan fingerprint density at radius 3 is 2.84 bits per heavy atom. The van der Waals surface area contributed by atoms with E-state index < -0.39 is 12.0 Å². The lowest BCUT2D eigenvalue weighted by molar-refractivity contribution is -0.140. The fourth-order valence-electron chi connectivity index (χ4n) is 2.74. The lowest BCUT2D eigenvalue weighted by atomic mass is 9.95. The smallest absolute Gasteiger partial charge is 0.338 e. The Labute approximate surface area is 145 Å². The molecule has 0 saturated carbocycles. The predicted molar refractivity (Wildman–Crippen MR) is 87.1 cm³/mol. The molecule has 3 rings (SSSR count). The van der Waals surface area contributed by atoms with Crippen LogP contribution in [0.15, 0.2) is 29.5 Å². The average molecular weight is 348 g/mol. The molecule has 2 aliphatic rings. The molecular weight excluding hydrogens is 328 g/mol. The van der Waals surface area contributed by atoms with Gasteiger partial charge in [0.2, 0.25) is 6.79 Å². The van der Waals surface area contributed by atoms with Crippen LogP contribution < -0.4 is 14.8 Å². The van der Waals surface area contributed by atoms with Gasteiger partial charge in [0.05, 0.1) is 18.2 Å². The first-order chi connectivity index (χ1) is 12.0. The number of rotatable bonds is 5. The van der Waals surface area contributed by atoms with Gasteiger partial charge in [0, 0.05) is 19.9 Å². The van der Waals surface area contributed by atoms with E-state index in [9.17, 15) is 9.59 Å². The van der Waals surface area contributed by atoms with Gasteiger partial charge < -0.3 is 29.2 Å². The number of methoxy groups -OCH3 is 1. The highest BCUT2D eigenvalue weighted by Gasteiger charge is 2.35. The molecule has 1 aromatic carbocycles. The monoisotopic (exact) mass is 348 g/mol. The van der Waals surface area contributed by atoms with E-state index in [1.165, 1.54) is 12.0 Å². The topological polar surface area (TPSA) is 86.3 Å². The van der Waals surface area contributed by atoms with E-state index in [-0.39, 0.29) is 19.4 Å². The molecule has 1 aromatic rings. The van der Waals surface area contributed by atoms with Crippen molar-refractivity contribution in [1.29, 1.82) is 0 Å². The number of esters is 1. The Morgan fingerprint density at radius 2 is 2.08 bits per heavy atom. The molecule has 0 fully saturated rings. The number of allylic oxidation sites excluding steroid dienone is 1. The first-order valence-electron chi connectivity index (χ1n) is 7.83. The fraction of sp³-hybridized carbons (Fsp3) is 0.412. The molecule has 0 spiro atoms. The van der Waals surface area contributed by atoms with Crippen molar-refractivity contribution in [2.24, 2.45) is 0 Å². The van der Waals surface area contributed by atoms with Crippen LogP contribution in [0.2, 0.25) is 0 Å². The molecule has 134 valence electrons. The quantitative estimate of drug-likeness (QED) is 0.642. The molecule has 1 atom stereocenters. The van der Waals surface area contributed by atoms with Crippen LogP contribution in [0.3, 0.4) is 0 Å². The summed E-state index contributed by atoms with van der Waals surface area (Å²) in [6, 6.07) is 4.38. The molecule has 8 heteroatoms. The van der Waals surface area contributed by atoms with Crippen LogP contribution in [0.1, 0.15) is 18.5 Å². The first-order valence-corrected chi connectivity index (χ1v) is 7.83.